The summed E-state index contributed by atoms with van der Waals surface area (Å²) in [6.07, 6.45) is 4.46. The Balaban J connectivity index is 2.60. The lowest BCUT2D eigenvalue weighted by Crippen LogP contribution is -2.32. The molecule has 0 bridgehead atoms. The first-order valence-electron chi connectivity index (χ1n) is 5.99. The molecule has 0 heterocycles. The quantitative estimate of drug-likeness (QED) is 0.607. The Morgan fingerprint density at radius 2 is 2.00 bits per heavy atom. The maximum atomic E-state index is 10.7. The molecular weight excluding hydrogens is 230 g/mol. The van der Waals surface area contributed by atoms with Crippen LogP contribution in [0.25, 0.3) is 0 Å². The summed E-state index contributed by atoms with van der Waals surface area (Å²) in [6, 6.07) is 3.82. The van der Waals surface area contributed by atoms with Crippen LogP contribution in [0.1, 0.15) is 30.4 Å². The van der Waals surface area contributed by atoms with Gasteiger partial charge in [-0.3, -0.25) is 0 Å². The van der Waals surface area contributed by atoms with Gasteiger partial charge in [-0.25, -0.2) is 4.79 Å². The van der Waals surface area contributed by atoms with E-state index in [-0.39, 0.29) is 0 Å². The van der Waals surface area contributed by atoms with Crippen molar-refractivity contribution in [1.29, 1.82) is 0 Å². The molecule has 0 aromatic heterocycles. The smallest absolute Gasteiger partial charge is 0.235 e. The maximum Gasteiger partial charge on any atom is 0.235 e. The molecule has 18 heavy (non-hydrogen) atoms. The van der Waals surface area contributed by atoms with Crippen molar-refractivity contribution in [2.75, 3.05) is 14.2 Å². The Bertz CT molecular complexity index is 500. The first kappa shape index (κ1) is 12.7. The van der Waals surface area contributed by atoms with Crippen molar-refractivity contribution in [3.63, 3.8) is 0 Å². The topological polar surface area (TPSA) is 47.9 Å². The van der Waals surface area contributed by atoms with Crippen molar-refractivity contribution in [2.24, 2.45) is 4.99 Å². The van der Waals surface area contributed by atoms with E-state index in [1.54, 1.807) is 20.3 Å². The molecule has 4 heteroatoms. The summed E-state index contributed by atoms with van der Waals surface area (Å²) in [7, 11) is 3.26. The van der Waals surface area contributed by atoms with Crippen molar-refractivity contribution < 1.29 is 14.3 Å². The third-order valence-electron chi connectivity index (χ3n) is 3.63. The van der Waals surface area contributed by atoms with Crippen LogP contribution in [-0.2, 0) is 10.3 Å². The van der Waals surface area contributed by atoms with Crippen LogP contribution < -0.4 is 9.47 Å². The van der Waals surface area contributed by atoms with Gasteiger partial charge in [0.05, 0.1) is 14.2 Å². The van der Waals surface area contributed by atoms with Gasteiger partial charge in [-0.15, -0.1) is 0 Å². The second-order valence-electron chi connectivity index (χ2n) is 4.61. The number of hydrogen-bond acceptors (Lipinski definition) is 4. The van der Waals surface area contributed by atoms with Crippen LogP contribution >= 0.6 is 0 Å². The maximum absolute atomic E-state index is 10.7. The highest BCUT2D eigenvalue weighted by molar-refractivity contribution is 5.52. The highest BCUT2D eigenvalue weighted by Gasteiger charge is 2.41. The Labute approximate surface area is 107 Å². The predicted molar refractivity (Wildman–Crippen MR) is 67.9 cm³/mol. The van der Waals surface area contributed by atoms with Crippen molar-refractivity contribution in [2.45, 2.75) is 31.7 Å². The van der Waals surface area contributed by atoms with E-state index >= 15 is 0 Å². The number of hydrogen-bond donors (Lipinski definition) is 0. The average molecular weight is 247 g/mol. The molecule has 0 amide bonds. The van der Waals surface area contributed by atoms with Crippen LogP contribution in [-0.4, -0.2) is 20.3 Å². The SMILES string of the molecule is COc1cc(C)c(OC)c(C2(N=C=O)CCC2)c1. The van der Waals surface area contributed by atoms with Crippen molar-refractivity contribution in [3.05, 3.63) is 23.3 Å². The minimum Gasteiger partial charge on any atom is -0.497 e. The zero-order valence-corrected chi connectivity index (χ0v) is 10.9. The van der Waals surface area contributed by atoms with E-state index in [0.29, 0.717) is 0 Å². The summed E-state index contributed by atoms with van der Waals surface area (Å²) in [5.74, 6) is 1.55. The van der Waals surface area contributed by atoms with Gasteiger partial charge in [-0.2, -0.15) is 4.99 Å². The van der Waals surface area contributed by atoms with Gasteiger partial charge in [0.2, 0.25) is 6.08 Å². The number of aliphatic imine (C=N–C) groups is 1. The van der Waals surface area contributed by atoms with E-state index in [2.05, 4.69) is 4.99 Å². The van der Waals surface area contributed by atoms with Crippen LogP contribution in [0.4, 0.5) is 0 Å². The first-order chi connectivity index (χ1) is 8.66. The summed E-state index contributed by atoms with van der Waals surface area (Å²) in [6.45, 7) is 1.96. The molecular formula is C14H17NO3. The standard InChI is InChI=1S/C14H17NO3/c1-10-7-11(17-2)8-12(13(10)18-3)14(15-9-16)5-4-6-14/h7-8H,4-6H2,1-3H3. The van der Waals surface area contributed by atoms with Gasteiger partial charge < -0.3 is 9.47 Å². The van der Waals surface area contributed by atoms with Crippen LogP contribution in [0.2, 0.25) is 0 Å². The molecule has 0 aliphatic heterocycles. The van der Waals surface area contributed by atoms with E-state index in [4.69, 9.17) is 9.47 Å². The Hall–Kier alpha value is -1.80. The second-order valence-corrected chi connectivity index (χ2v) is 4.61. The summed E-state index contributed by atoms with van der Waals surface area (Å²) in [5, 5.41) is 0. The van der Waals surface area contributed by atoms with E-state index in [1.807, 2.05) is 19.1 Å². The molecule has 0 atom stereocenters. The molecule has 0 radical (unpaired) electrons. The molecule has 96 valence electrons. The average Bonchev–Trinajstić information content (AvgIpc) is 2.32. The fraction of sp³-hybridized carbons (Fsp3) is 0.500. The molecule has 2 rings (SSSR count). The highest BCUT2D eigenvalue weighted by atomic mass is 16.5. The summed E-state index contributed by atoms with van der Waals surface area (Å²) >= 11 is 0. The van der Waals surface area contributed by atoms with E-state index in [9.17, 15) is 4.79 Å². The molecule has 1 aromatic carbocycles. The molecule has 4 nitrogen and oxygen atoms in total. The van der Waals surface area contributed by atoms with Crippen LogP contribution in [0.15, 0.2) is 17.1 Å². The fourth-order valence-corrected chi connectivity index (χ4v) is 2.52. The van der Waals surface area contributed by atoms with Gasteiger partial charge in [0.1, 0.15) is 17.0 Å². The van der Waals surface area contributed by atoms with E-state index < -0.39 is 5.54 Å². The number of nitrogens with zero attached hydrogens (tertiary/aromatic N) is 1. The lowest BCUT2D eigenvalue weighted by Gasteiger charge is -2.38. The Morgan fingerprint density at radius 3 is 2.44 bits per heavy atom. The molecule has 0 spiro atoms. The molecule has 1 aliphatic rings. The third-order valence-corrected chi connectivity index (χ3v) is 3.63. The largest absolute Gasteiger partial charge is 0.497 e. The minimum absolute atomic E-state index is 0.466. The van der Waals surface area contributed by atoms with Crippen molar-refractivity contribution in [3.8, 4) is 11.5 Å². The predicted octanol–water partition coefficient (Wildman–Crippen LogP) is 2.73. The molecule has 0 saturated heterocycles. The number of ether oxygens (including phenoxy) is 2. The number of carbonyl (C=O) groups excluding carboxylic acids is 1. The van der Waals surface area contributed by atoms with E-state index in [1.165, 1.54) is 0 Å². The second kappa shape index (κ2) is 4.83. The summed E-state index contributed by atoms with van der Waals surface area (Å²) < 4.78 is 10.7. The number of benzene rings is 1. The van der Waals surface area contributed by atoms with Crippen LogP contribution in [0.3, 0.4) is 0 Å². The number of rotatable bonds is 4. The van der Waals surface area contributed by atoms with Gasteiger partial charge in [0, 0.05) is 5.56 Å². The molecule has 1 fully saturated rings. The molecule has 0 unspecified atom stereocenters. The van der Waals surface area contributed by atoms with Crippen molar-refractivity contribution in [1.82, 2.24) is 0 Å². The minimum atomic E-state index is -0.466. The summed E-state index contributed by atoms with van der Waals surface area (Å²) in [5.41, 5.74) is 1.45. The first-order valence-corrected chi connectivity index (χ1v) is 5.99. The number of aryl methyl sites for hydroxylation is 1. The fourth-order valence-electron chi connectivity index (χ4n) is 2.52. The lowest BCUT2D eigenvalue weighted by molar-refractivity contribution is 0.244. The molecule has 1 saturated carbocycles. The Morgan fingerprint density at radius 1 is 1.28 bits per heavy atom. The zero-order valence-electron chi connectivity index (χ0n) is 10.9. The normalized spacial score (nSPS) is 16.4. The number of methoxy groups -OCH3 is 2. The zero-order chi connectivity index (χ0) is 13.2. The monoisotopic (exact) mass is 247 g/mol. The van der Waals surface area contributed by atoms with Crippen molar-refractivity contribution >= 4 is 6.08 Å². The van der Waals surface area contributed by atoms with E-state index in [0.717, 1.165) is 41.9 Å². The Kier molecular flexibility index (Phi) is 3.39. The molecule has 1 aliphatic carbocycles. The summed E-state index contributed by atoms with van der Waals surface area (Å²) in [4.78, 5) is 14.7. The van der Waals surface area contributed by atoms with Gasteiger partial charge >= 0.3 is 0 Å². The van der Waals surface area contributed by atoms with Gasteiger partial charge in [0.15, 0.2) is 0 Å². The third kappa shape index (κ3) is 1.89. The number of isocyanates is 1. The van der Waals surface area contributed by atoms with Crippen LogP contribution in [0, 0.1) is 6.92 Å². The van der Waals surface area contributed by atoms with Gasteiger partial charge in [0.25, 0.3) is 0 Å². The highest BCUT2D eigenvalue weighted by Crippen LogP contribution is 2.49. The molecule has 1 aromatic rings. The van der Waals surface area contributed by atoms with Gasteiger partial charge in [-0.1, -0.05) is 0 Å². The van der Waals surface area contributed by atoms with Gasteiger partial charge in [-0.05, 0) is 43.9 Å². The van der Waals surface area contributed by atoms with Crippen LogP contribution in [0.5, 0.6) is 11.5 Å². The molecule has 0 N–H and O–H groups in total. The lowest BCUT2D eigenvalue weighted by atomic mass is 9.71.